The predicted octanol–water partition coefficient (Wildman–Crippen LogP) is 3.17. The van der Waals surface area contributed by atoms with E-state index in [0.717, 1.165) is 18.1 Å². The van der Waals surface area contributed by atoms with Gasteiger partial charge in [0.15, 0.2) is 0 Å². The molecule has 0 atom stereocenters. The van der Waals surface area contributed by atoms with Crippen molar-refractivity contribution in [2.45, 2.75) is 25.0 Å². The molecule has 3 heterocycles. The maximum Gasteiger partial charge on any atom is 0.573 e. The van der Waals surface area contributed by atoms with Crippen LogP contribution in [0.15, 0.2) is 24.3 Å². The lowest BCUT2D eigenvalue weighted by Crippen LogP contribution is -2.39. The first kappa shape index (κ1) is 25.2. The Morgan fingerprint density at radius 3 is 2.38 bits per heavy atom. The van der Waals surface area contributed by atoms with Crippen LogP contribution >= 0.6 is 11.3 Å². The third-order valence-electron chi connectivity index (χ3n) is 4.33. The monoisotopic (exact) mass is 511 g/mol. The Kier molecular flexibility index (Phi) is 7.30. The van der Waals surface area contributed by atoms with Gasteiger partial charge < -0.3 is 25.5 Å². The second kappa shape index (κ2) is 9.84. The lowest BCUT2D eigenvalue weighted by atomic mass is 10.1. The zero-order chi connectivity index (χ0) is 25.1. The number of ether oxygens (including phenoxy) is 1. The van der Waals surface area contributed by atoms with Gasteiger partial charge in [-0.15, -0.1) is 23.4 Å². The van der Waals surface area contributed by atoms with E-state index in [4.69, 9.17) is 9.90 Å². The molecule has 184 valence electrons. The summed E-state index contributed by atoms with van der Waals surface area (Å²) in [6.07, 6.45) is -9.85. The van der Waals surface area contributed by atoms with Gasteiger partial charge in [-0.25, -0.2) is 4.79 Å². The number of H-pyrrole nitrogens is 1. The topological polar surface area (TPSA) is 129 Å². The van der Waals surface area contributed by atoms with Crippen molar-refractivity contribution < 1.29 is 45.8 Å². The second-order valence-corrected chi connectivity index (χ2v) is 7.95. The minimum absolute atomic E-state index is 0.231. The maximum absolute atomic E-state index is 12.3. The van der Waals surface area contributed by atoms with Crippen molar-refractivity contribution in [3.05, 3.63) is 40.0 Å². The summed E-state index contributed by atoms with van der Waals surface area (Å²) < 4.78 is 72.5. The molecule has 2 aromatic heterocycles. The first-order valence-electron chi connectivity index (χ1n) is 9.31. The molecule has 3 aromatic rings. The van der Waals surface area contributed by atoms with Crippen molar-refractivity contribution in [1.82, 2.24) is 25.8 Å². The summed E-state index contributed by atoms with van der Waals surface area (Å²) in [5, 5.41) is 23.5. The Bertz CT molecular complexity index is 1170. The van der Waals surface area contributed by atoms with Gasteiger partial charge >= 0.3 is 18.5 Å². The number of carbonyl (C=O) groups excluding carboxylic acids is 1. The zero-order valence-electron chi connectivity index (χ0n) is 16.8. The maximum atomic E-state index is 12.3. The third-order valence-corrected chi connectivity index (χ3v) is 5.41. The van der Waals surface area contributed by atoms with E-state index < -0.39 is 18.5 Å². The predicted molar refractivity (Wildman–Crippen MR) is 105 cm³/mol. The van der Waals surface area contributed by atoms with Gasteiger partial charge in [0.25, 0.3) is 5.91 Å². The fraction of sp³-hybridized carbons (Fsp3) is 0.333. The van der Waals surface area contributed by atoms with Crippen molar-refractivity contribution in [2.75, 3.05) is 13.1 Å². The van der Waals surface area contributed by atoms with Gasteiger partial charge in [-0.1, -0.05) is 11.3 Å². The number of hydrogen-bond acceptors (Lipinski definition) is 7. The van der Waals surface area contributed by atoms with Crippen molar-refractivity contribution in [3.8, 4) is 5.75 Å². The smallest absolute Gasteiger partial charge is 0.475 e. The number of amides is 1. The summed E-state index contributed by atoms with van der Waals surface area (Å²) in [5.41, 5.74) is 0.611. The van der Waals surface area contributed by atoms with Crippen LogP contribution in [-0.4, -0.2) is 57.8 Å². The molecule has 1 saturated heterocycles. The number of rotatable bonds is 5. The summed E-state index contributed by atoms with van der Waals surface area (Å²) in [4.78, 5) is 24.0. The molecule has 1 aliphatic rings. The molecule has 0 unspecified atom stereocenters. The fourth-order valence-electron chi connectivity index (χ4n) is 2.64. The van der Waals surface area contributed by atoms with Crippen LogP contribution in [-0.2, 0) is 11.3 Å². The number of nitrogens with one attached hydrogen (secondary N) is 3. The first-order chi connectivity index (χ1) is 15.8. The molecular weight excluding hydrogens is 496 g/mol. The molecule has 1 fully saturated rings. The number of nitrogens with zero attached hydrogens (tertiary/aromatic N) is 2. The number of hydrogen-bond donors (Lipinski definition) is 4. The second-order valence-electron chi connectivity index (χ2n) is 6.85. The summed E-state index contributed by atoms with van der Waals surface area (Å²) in [6.45, 7) is 2.00. The van der Waals surface area contributed by atoms with Crippen LogP contribution in [0.4, 0.5) is 26.3 Å². The van der Waals surface area contributed by atoms with E-state index >= 15 is 0 Å². The number of carboxylic acid groups (broad SMARTS) is 1. The van der Waals surface area contributed by atoms with Crippen LogP contribution < -0.4 is 15.4 Å². The lowest BCUT2D eigenvalue weighted by Gasteiger charge is -2.23. The summed E-state index contributed by atoms with van der Waals surface area (Å²) in [5.74, 6) is -3.11. The van der Waals surface area contributed by atoms with Crippen LogP contribution in [0.3, 0.4) is 0 Å². The Balaban J connectivity index is 0.000000406. The first-order valence-corrected chi connectivity index (χ1v) is 10.1. The van der Waals surface area contributed by atoms with Crippen molar-refractivity contribution in [3.63, 3.8) is 0 Å². The van der Waals surface area contributed by atoms with Crippen LogP contribution in [0.25, 0.3) is 10.9 Å². The lowest BCUT2D eigenvalue weighted by molar-refractivity contribution is -0.274. The Morgan fingerprint density at radius 1 is 1.15 bits per heavy atom. The standard InChI is InChI=1S/C16H14F3N5O2S.C2HF3O2/c17-16(18,19)26-10-2-1-8-3-12(22-11(8)4-10)14(25)21-7-13-23-24-15(27-13)9-5-20-6-9;3-2(4,5)1(6)7/h1-4,9,20,22H,5-7H2,(H,21,25);(H,6,7). The van der Waals surface area contributed by atoms with Crippen LogP contribution in [0.5, 0.6) is 5.75 Å². The van der Waals surface area contributed by atoms with Gasteiger partial charge in [-0.05, 0) is 18.2 Å². The molecule has 1 aromatic carbocycles. The zero-order valence-corrected chi connectivity index (χ0v) is 17.6. The third kappa shape index (κ3) is 6.80. The average molecular weight is 511 g/mol. The number of aromatic nitrogens is 3. The van der Waals surface area contributed by atoms with Crippen molar-refractivity contribution >= 4 is 34.1 Å². The number of alkyl halides is 6. The van der Waals surface area contributed by atoms with Gasteiger partial charge in [-0.2, -0.15) is 13.2 Å². The molecule has 9 nitrogen and oxygen atoms in total. The van der Waals surface area contributed by atoms with E-state index in [1.54, 1.807) is 6.07 Å². The summed E-state index contributed by atoms with van der Waals surface area (Å²) in [6, 6.07) is 5.41. The van der Waals surface area contributed by atoms with E-state index in [1.165, 1.54) is 29.5 Å². The van der Waals surface area contributed by atoms with E-state index in [2.05, 4.69) is 30.6 Å². The molecule has 0 aliphatic carbocycles. The summed E-state index contributed by atoms with van der Waals surface area (Å²) >= 11 is 1.46. The SMILES string of the molecule is O=C(NCc1nnc(C2CNC2)s1)c1cc2ccc(OC(F)(F)F)cc2[nH]1.O=C(O)C(F)(F)F. The van der Waals surface area contributed by atoms with E-state index in [1.807, 2.05) is 0 Å². The highest BCUT2D eigenvalue weighted by Gasteiger charge is 2.38. The molecule has 1 aliphatic heterocycles. The number of aliphatic carboxylic acids is 1. The largest absolute Gasteiger partial charge is 0.573 e. The molecule has 0 spiro atoms. The molecule has 4 N–H and O–H groups in total. The van der Waals surface area contributed by atoms with Gasteiger partial charge in [0.1, 0.15) is 21.5 Å². The highest BCUT2D eigenvalue weighted by molar-refractivity contribution is 7.11. The van der Waals surface area contributed by atoms with E-state index in [9.17, 15) is 31.1 Å². The molecular formula is C18H15F6N5O4S. The molecule has 0 saturated carbocycles. The van der Waals surface area contributed by atoms with Crippen LogP contribution in [0.2, 0.25) is 0 Å². The number of carbonyl (C=O) groups is 2. The van der Waals surface area contributed by atoms with Gasteiger partial charge in [0, 0.05) is 36.0 Å². The van der Waals surface area contributed by atoms with Crippen molar-refractivity contribution in [1.29, 1.82) is 0 Å². The highest BCUT2D eigenvalue weighted by atomic mass is 32.1. The molecule has 16 heteroatoms. The Hall–Kier alpha value is -3.40. The fourth-order valence-corrected chi connectivity index (χ4v) is 3.53. The molecule has 0 bridgehead atoms. The molecule has 34 heavy (non-hydrogen) atoms. The number of aromatic amines is 1. The Morgan fingerprint density at radius 2 is 1.82 bits per heavy atom. The molecule has 0 radical (unpaired) electrons. The number of carboxylic acids is 1. The van der Waals surface area contributed by atoms with Crippen LogP contribution in [0.1, 0.15) is 26.4 Å². The number of fused-ring (bicyclic) bond motifs is 1. The molecule has 1 amide bonds. The van der Waals surface area contributed by atoms with Gasteiger partial charge in [0.2, 0.25) is 0 Å². The average Bonchev–Trinajstić information content (AvgIpc) is 3.30. The normalized spacial score (nSPS) is 14.2. The van der Waals surface area contributed by atoms with Crippen LogP contribution in [0, 0.1) is 0 Å². The Labute approximate surface area is 190 Å². The summed E-state index contributed by atoms with van der Waals surface area (Å²) in [7, 11) is 0. The quantitative estimate of drug-likeness (QED) is 0.388. The van der Waals surface area contributed by atoms with Gasteiger partial charge in [0.05, 0.1) is 6.54 Å². The van der Waals surface area contributed by atoms with E-state index in [0.29, 0.717) is 21.8 Å². The minimum atomic E-state index is -5.08. The van der Waals surface area contributed by atoms with Gasteiger partial charge in [-0.3, -0.25) is 4.79 Å². The highest BCUT2D eigenvalue weighted by Crippen LogP contribution is 2.27. The van der Waals surface area contributed by atoms with Crippen molar-refractivity contribution in [2.24, 2.45) is 0 Å². The number of halogens is 6. The van der Waals surface area contributed by atoms with E-state index in [-0.39, 0.29) is 23.9 Å². The number of benzene rings is 1. The minimum Gasteiger partial charge on any atom is -0.475 e. The molecule has 4 rings (SSSR count).